The molecule has 0 aliphatic carbocycles. The summed E-state index contributed by atoms with van der Waals surface area (Å²) in [5.41, 5.74) is 0.299. The van der Waals surface area contributed by atoms with Gasteiger partial charge in [0.1, 0.15) is 5.69 Å². The second kappa shape index (κ2) is 7.83. The van der Waals surface area contributed by atoms with Crippen molar-refractivity contribution in [3.05, 3.63) is 33.9 Å². The molecule has 3 N–H and O–H groups in total. The predicted molar refractivity (Wildman–Crippen MR) is 78.3 cm³/mol. The van der Waals surface area contributed by atoms with E-state index in [4.69, 9.17) is 0 Å². The number of nitro groups is 1. The molecule has 2 amide bonds. The molecular formula is C13H18N4O4. The van der Waals surface area contributed by atoms with Gasteiger partial charge in [-0.25, -0.2) is 0 Å². The van der Waals surface area contributed by atoms with Crippen molar-refractivity contribution in [3.8, 4) is 0 Å². The number of carbonyl (C=O) groups excluding carboxylic acids is 2. The number of carbonyl (C=O) groups is 2. The van der Waals surface area contributed by atoms with Crippen molar-refractivity contribution >= 4 is 23.2 Å². The highest BCUT2D eigenvalue weighted by Crippen LogP contribution is 2.25. The van der Waals surface area contributed by atoms with Crippen LogP contribution < -0.4 is 16.0 Å². The largest absolute Gasteiger partial charge is 0.379 e. The number of nitro benzene ring substituents is 1. The van der Waals surface area contributed by atoms with Crippen molar-refractivity contribution in [2.75, 3.05) is 25.5 Å². The lowest BCUT2D eigenvalue weighted by Crippen LogP contribution is -2.23. The minimum atomic E-state index is -0.565. The second-order valence-corrected chi connectivity index (χ2v) is 4.20. The van der Waals surface area contributed by atoms with Gasteiger partial charge in [0.05, 0.1) is 4.92 Å². The maximum Gasteiger partial charge on any atom is 0.293 e. The summed E-state index contributed by atoms with van der Waals surface area (Å²) >= 11 is 0. The Morgan fingerprint density at radius 1 is 1.33 bits per heavy atom. The molecule has 21 heavy (non-hydrogen) atoms. The van der Waals surface area contributed by atoms with Gasteiger partial charge in [0.15, 0.2) is 0 Å². The summed E-state index contributed by atoms with van der Waals surface area (Å²) in [6.45, 7) is 2.47. The van der Waals surface area contributed by atoms with Gasteiger partial charge in [-0.15, -0.1) is 0 Å². The van der Waals surface area contributed by atoms with Crippen LogP contribution in [-0.2, 0) is 4.79 Å². The molecule has 0 fully saturated rings. The van der Waals surface area contributed by atoms with E-state index in [-0.39, 0.29) is 41.7 Å². The van der Waals surface area contributed by atoms with Crippen molar-refractivity contribution in [1.29, 1.82) is 0 Å². The number of hydrogen-bond acceptors (Lipinski definition) is 5. The van der Waals surface area contributed by atoms with Gasteiger partial charge in [-0.05, 0) is 19.1 Å². The van der Waals surface area contributed by atoms with Gasteiger partial charge in [-0.3, -0.25) is 19.7 Å². The third kappa shape index (κ3) is 4.75. The number of anilines is 1. The van der Waals surface area contributed by atoms with E-state index in [0.29, 0.717) is 6.54 Å². The van der Waals surface area contributed by atoms with Crippen LogP contribution in [0.1, 0.15) is 23.7 Å². The van der Waals surface area contributed by atoms with Gasteiger partial charge in [-0.1, -0.05) is 0 Å². The van der Waals surface area contributed by atoms with E-state index < -0.39 is 4.92 Å². The molecule has 0 aromatic heterocycles. The normalized spacial score (nSPS) is 9.81. The summed E-state index contributed by atoms with van der Waals surface area (Å²) in [4.78, 5) is 33.3. The van der Waals surface area contributed by atoms with Crippen molar-refractivity contribution in [2.24, 2.45) is 0 Å². The van der Waals surface area contributed by atoms with Gasteiger partial charge in [0.2, 0.25) is 5.91 Å². The molecule has 8 nitrogen and oxygen atoms in total. The van der Waals surface area contributed by atoms with E-state index in [1.807, 2.05) is 0 Å². The Bertz CT molecular complexity index is 545. The highest BCUT2D eigenvalue weighted by atomic mass is 16.6. The van der Waals surface area contributed by atoms with Crippen LogP contribution in [0.3, 0.4) is 0 Å². The Morgan fingerprint density at radius 2 is 2.05 bits per heavy atom. The van der Waals surface area contributed by atoms with E-state index in [9.17, 15) is 19.7 Å². The number of hydrogen-bond donors (Lipinski definition) is 3. The van der Waals surface area contributed by atoms with Crippen molar-refractivity contribution in [3.63, 3.8) is 0 Å². The summed E-state index contributed by atoms with van der Waals surface area (Å²) in [5, 5.41) is 18.9. The van der Waals surface area contributed by atoms with Gasteiger partial charge >= 0.3 is 0 Å². The maximum atomic E-state index is 11.7. The fraction of sp³-hybridized carbons (Fsp3) is 0.385. The van der Waals surface area contributed by atoms with Crippen molar-refractivity contribution in [1.82, 2.24) is 10.6 Å². The SMILES string of the molecule is CCNC(=O)c1ccc(NCCC(=O)NC)c([N+](=O)[O-])c1. The standard InChI is InChI=1S/C13H18N4O4/c1-3-15-13(19)9-4-5-10(11(8-9)17(20)21)16-7-6-12(18)14-2/h4-5,8,16H,3,6-7H2,1-2H3,(H,14,18)(H,15,19). The highest BCUT2D eigenvalue weighted by Gasteiger charge is 2.17. The van der Waals surface area contributed by atoms with Crippen LogP contribution in [-0.4, -0.2) is 36.9 Å². The van der Waals surface area contributed by atoms with Gasteiger partial charge < -0.3 is 16.0 Å². The molecular weight excluding hydrogens is 276 g/mol. The van der Waals surface area contributed by atoms with E-state index in [2.05, 4.69) is 16.0 Å². The van der Waals surface area contributed by atoms with Gasteiger partial charge in [0.25, 0.3) is 11.6 Å². The van der Waals surface area contributed by atoms with Crippen LogP contribution in [0.25, 0.3) is 0 Å². The smallest absolute Gasteiger partial charge is 0.293 e. The summed E-state index contributed by atoms with van der Waals surface area (Å²) in [7, 11) is 1.52. The molecule has 0 heterocycles. The number of nitrogens with zero attached hydrogens (tertiary/aromatic N) is 1. The first kappa shape index (κ1) is 16.4. The molecule has 1 aromatic carbocycles. The molecule has 0 saturated carbocycles. The Hall–Kier alpha value is -2.64. The average Bonchev–Trinajstić information content (AvgIpc) is 2.47. The molecule has 0 aliphatic rings. The summed E-state index contributed by atoms with van der Waals surface area (Å²) in [5.74, 6) is -0.526. The van der Waals surface area contributed by atoms with E-state index in [1.54, 1.807) is 6.92 Å². The molecule has 0 bridgehead atoms. The quantitative estimate of drug-likeness (QED) is 0.510. The molecule has 114 valence electrons. The first-order chi connectivity index (χ1) is 9.99. The molecule has 0 unspecified atom stereocenters. The van der Waals surface area contributed by atoms with E-state index in [0.717, 1.165) is 0 Å². The lowest BCUT2D eigenvalue weighted by atomic mass is 10.1. The van der Waals surface area contributed by atoms with Gasteiger partial charge in [-0.2, -0.15) is 0 Å². The van der Waals surface area contributed by atoms with Crippen molar-refractivity contribution in [2.45, 2.75) is 13.3 Å². The van der Waals surface area contributed by atoms with Crippen LogP contribution in [0, 0.1) is 10.1 Å². The Balaban J connectivity index is 2.87. The first-order valence-corrected chi connectivity index (χ1v) is 6.50. The number of amides is 2. The highest BCUT2D eigenvalue weighted by molar-refractivity contribution is 5.95. The third-order valence-electron chi connectivity index (χ3n) is 2.74. The first-order valence-electron chi connectivity index (χ1n) is 6.50. The minimum absolute atomic E-state index is 0.163. The predicted octanol–water partition coefficient (Wildman–Crippen LogP) is 0.893. The molecule has 8 heteroatoms. The Kier molecular flexibility index (Phi) is 6.12. The van der Waals surface area contributed by atoms with Gasteiger partial charge in [0, 0.05) is 38.2 Å². The summed E-state index contributed by atoms with van der Waals surface area (Å²) in [6, 6.07) is 4.18. The number of benzene rings is 1. The number of rotatable bonds is 7. The van der Waals surface area contributed by atoms with E-state index >= 15 is 0 Å². The van der Waals surface area contributed by atoms with Crippen LogP contribution >= 0.6 is 0 Å². The topological polar surface area (TPSA) is 113 Å². The van der Waals surface area contributed by atoms with Crippen LogP contribution in [0.15, 0.2) is 18.2 Å². The zero-order valence-corrected chi connectivity index (χ0v) is 11.9. The molecule has 1 aromatic rings. The average molecular weight is 294 g/mol. The zero-order chi connectivity index (χ0) is 15.8. The van der Waals surface area contributed by atoms with E-state index in [1.165, 1.54) is 25.2 Å². The maximum absolute atomic E-state index is 11.7. The molecule has 1 rings (SSSR count). The fourth-order valence-corrected chi connectivity index (χ4v) is 1.67. The summed E-state index contributed by atoms with van der Waals surface area (Å²) < 4.78 is 0. The van der Waals surface area contributed by atoms with Crippen LogP contribution in [0.2, 0.25) is 0 Å². The molecule has 0 saturated heterocycles. The summed E-state index contributed by atoms with van der Waals surface area (Å²) in [6.07, 6.45) is 0.200. The molecule has 0 radical (unpaired) electrons. The molecule has 0 atom stereocenters. The lowest BCUT2D eigenvalue weighted by molar-refractivity contribution is -0.384. The van der Waals surface area contributed by atoms with Crippen LogP contribution in [0.5, 0.6) is 0 Å². The van der Waals surface area contributed by atoms with Crippen molar-refractivity contribution < 1.29 is 14.5 Å². The monoisotopic (exact) mass is 294 g/mol. The Labute approximate surface area is 122 Å². The fourth-order valence-electron chi connectivity index (χ4n) is 1.67. The lowest BCUT2D eigenvalue weighted by Gasteiger charge is -2.08. The number of nitrogens with one attached hydrogen (secondary N) is 3. The third-order valence-corrected chi connectivity index (χ3v) is 2.74. The second-order valence-electron chi connectivity index (χ2n) is 4.20. The molecule has 0 aliphatic heterocycles. The molecule has 0 spiro atoms. The van der Waals surface area contributed by atoms with Crippen LogP contribution in [0.4, 0.5) is 11.4 Å². The zero-order valence-electron chi connectivity index (χ0n) is 11.9. The Morgan fingerprint density at radius 3 is 2.62 bits per heavy atom. The minimum Gasteiger partial charge on any atom is -0.379 e.